The summed E-state index contributed by atoms with van der Waals surface area (Å²) in [6.07, 6.45) is -1.90. The number of likely N-dealkylation sites (tertiary alicyclic amines) is 2. The second-order valence-electron chi connectivity index (χ2n) is 20.6. The number of amides is 1. The number of carbonyl (C=O) groups excluding carboxylic acids is 3. The number of halogens is 2. The smallest absolute Gasteiger partial charge is 0.407 e. The van der Waals surface area contributed by atoms with E-state index in [0.717, 1.165) is 6.07 Å². The predicted octanol–water partition coefficient (Wildman–Crippen LogP) is 10.2. The zero-order valence-corrected chi connectivity index (χ0v) is 43.4. The second kappa shape index (κ2) is 21.1. The number of alkyl carbamates (subject to hydrolysis) is 1. The van der Waals surface area contributed by atoms with Crippen molar-refractivity contribution in [2.24, 2.45) is 10.8 Å². The summed E-state index contributed by atoms with van der Waals surface area (Å²) in [5, 5.41) is 25.7. The van der Waals surface area contributed by atoms with Gasteiger partial charge in [0.1, 0.15) is 75.4 Å². The Morgan fingerprint density at radius 1 is 0.699 bits per heavy atom. The third kappa shape index (κ3) is 11.2. The van der Waals surface area contributed by atoms with Crippen LogP contribution in [0.1, 0.15) is 84.3 Å². The number of piperidine rings is 2. The summed E-state index contributed by atoms with van der Waals surface area (Å²) in [4.78, 5) is 73.1. The standard InChI is InChI=1S/C55H59Cl2N3O13/c1-9-58-53(67)73-44-27-60(21-19-31(44)45-35(61)22-36(62)47-37(63)23-39(69-49(45)47)29-14-10-12-16-33(29)56)28-68-41-25-42(71-51(65)54(2,3)4)46(32-18-20-59(8)26-43(32)72-52(66)55(5,6)7)50-48(41)38(64)24-40(70-50)30-15-11-13-17-34(30)57/h10-17,22-25,31-32,43-44,61-62H,9,18-21,26-28H2,1-8H3,(H,58,67)/t31-,32-,43+,44+/m0/s1. The number of hydrogen-bond donors (Lipinski definition) is 3. The Bertz CT molecular complexity index is 3230. The molecule has 2 aliphatic heterocycles. The summed E-state index contributed by atoms with van der Waals surface area (Å²) in [5.41, 5.74) is -1.68. The van der Waals surface area contributed by atoms with Gasteiger partial charge in [-0.05, 0) is 99.2 Å². The summed E-state index contributed by atoms with van der Waals surface area (Å²) in [6.45, 7) is 13.3. The lowest BCUT2D eigenvalue weighted by Crippen LogP contribution is -2.47. The van der Waals surface area contributed by atoms with Gasteiger partial charge in [-0.1, -0.05) is 47.5 Å². The van der Waals surface area contributed by atoms with Gasteiger partial charge in [-0.25, -0.2) is 4.79 Å². The van der Waals surface area contributed by atoms with Crippen LogP contribution < -0.4 is 25.6 Å². The van der Waals surface area contributed by atoms with Gasteiger partial charge < -0.3 is 48.2 Å². The minimum Gasteiger partial charge on any atom is -0.507 e. The van der Waals surface area contributed by atoms with Gasteiger partial charge >= 0.3 is 18.0 Å². The summed E-state index contributed by atoms with van der Waals surface area (Å²) < 4.78 is 38.3. The maximum atomic E-state index is 14.7. The van der Waals surface area contributed by atoms with E-state index in [0.29, 0.717) is 46.2 Å². The van der Waals surface area contributed by atoms with Gasteiger partial charge in [0.25, 0.3) is 0 Å². The Kier molecular flexibility index (Phi) is 15.2. The highest BCUT2D eigenvalue weighted by molar-refractivity contribution is 6.33. The highest BCUT2D eigenvalue weighted by atomic mass is 35.5. The number of benzene rings is 4. The Balaban J connectivity index is 1.23. The largest absolute Gasteiger partial charge is 0.507 e. The Labute approximate surface area is 431 Å². The number of nitrogens with one attached hydrogen (secondary N) is 1. The monoisotopic (exact) mass is 1040 g/mol. The minimum atomic E-state index is -1.01. The van der Waals surface area contributed by atoms with Crippen molar-refractivity contribution in [2.45, 2.75) is 85.4 Å². The number of rotatable bonds is 11. The molecule has 1 amide bonds. The van der Waals surface area contributed by atoms with Crippen molar-refractivity contribution in [3.63, 3.8) is 0 Å². The SMILES string of the molecule is CCNC(=O)O[C@@H]1CN(COc2cc(OC(=O)C(C)(C)C)c([C@H]3CCN(C)C[C@H]3OC(=O)C(C)(C)C)c3oc(-c4ccccc4Cl)cc(=O)c23)CC[C@@H]1c1c(O)cc(O)c2c(=O)cc(-c3ccccc3Cl)oc12. The van der Waals surface area contributed by atoms with Crippen LogP contribution in [0.3, 0.4) is 0 Å². The molecule has 73 heavy (non-hydrogen) atoms. The number of likely N-dealkylation sites (N-methyl/N-ethyl adjacent to an activating group) is 1. The van der Waals surface area contributed by atoms with Crippen molar-refractivity contribution < 1.29 is 52.4 Å². The number of nitrogens with zero attached hydrogens (tertiary/aromatic N) is 2. The molecule has 2 saturated heterocycles. The molecule has 2 fully saturated rings. The van der Waals surface area contributed by atoms with Crippen LogP contribution in [0.5, 0.6) is 23.0 Å². The average molecular weight is 1040 g/mol. The van der Waals surface area contributed by atoms with E-state index in [2.05, 4.69) is 5.32 Å². The molecule has 0 aliphatic carbocycles. The highest BCUT2D eigenvalue weighted by Crippen LogP contribution is 2.47. The third-order valence-electron chi connectivity index (χ3n) is 13.1. The topological polar surface area (TPSA) is 208 Å². The molecule has 4 atom stereocenters. The maximum absolute atomic E-state index is 14.7. The van der Waals surface area contributed by atoms with Crippen LogP contribution >= 0.6 is 23.2 Å². The first-order valence-electron chi connectivity index (χ1n) is 24.1. The van der Waals surface area contributed by atoms with Crippen LogP contribution in [0.15, 0.2) is 91.2 Å². The van der Waals surface area contributed by atoms with Crippen molar-refractivity contribution in [1.29, 1.82) is 0 Å². The van der Waals surface area contributed by atoms with Gasteiger partial charge in [-0.2, -0.15) is 0 Å². The van der Waals surface area contributed by atoms with E-state index in [1.54, 1.807) is 97.0 Å². The fourth-order valence-corrected chi connectivity index (χ4v) is 9.69. The van der Waals surface area contributed by atoms with Crippen molar-refractivity contribution in [2.75, 3.05) is 46.5 Å². The molecule has 8 rings (SSSR count). The van der Waals surface area contributed by atoms with E-state index in [4.69, 9.17) is 51.0 Å². The molecule has 386 valence electrons. The molecular formula is C55H59Cl2N3O13. The molecule has 0 spiro atoms. The third-order valence-corrected chi connectivity index (χ3v) is 13.7. The number of carbonyl (C=O) groups is 3. The number of hydrogen-bond acceptors (Lipinski definition) is 15. The van der Waals surface area contributed by atoms with E-state index < -0.39 is 75.3 Å². The number of fused-ring (bicyclic) bond motifs is 2. The summed E-state index contributed by atoms with van der Waals surface area (Å²) in [6, 6.07) is 18.7. The van der Waals surface area contributed by atoms with E-state index in [1.807, 2.05) is 16.8 Å². The van der Waals surface area contributed by atoms with Crippen LogP contribution in [-0.2, 0) is 19.1 Å². The first-order chi connectivity index (χ1) is 34.5. The number of aromatic hydroxyl groups is 2. The van der Waals surface area contributed by atoms with Crippen LogP contribution in [-0.4, -0.2) is 96.8 Å². The summed E-state index contributed by atoms with van der Waals surface area (Å²) >= 11 is 13.2. The molecule has 2 aromatic heterocycles. The lowest BCUT2D eigenvalue weighted by molar-refractivity contribution is -0.162. The summed E-state index contributed by atoms with van der Waals surface area (Å²) in [7, 11) is 1.92. The highest BCUT2D eigenvalue weighted by Gasteiger charge is 2.41. The first kappa shape index (κ1) is 52.7. The Hall–Kier alpha value is -6.59. The number of esters is 2. The van der Waals surface area contributed by atoms with Crippen LogP contribution in [0.4, 0.5) is 4.79 Å². The predicted molar refractivity (Wildman–Crippen MR) is 277 cm³/mol. The summed E-state index contributed by atoms with van der Waals surface area (Å²) in [5.74, 6) is -3.08. The molecule has 0 unspecified atom stereocenters. The number of ether oxygens (including phenoxy) is 4. The number of phenols is 2. The van der Waals surface area contributed by atoms with E-state index in [1.165, 1.54) is 18.2 Å². The molecule has 16 nitrogen and oxygen atoms in total. The Morgan fingerprint density at radius 3 is 1.84 bits per heavy atom. The lowest BCUT2D eigenvalue weighted by Gasteiger charge is -2.38. The average Bonchev–Trinajstić information content (AvgIpc) is 3.31. The molecule has 18 heteroatoms. The van der Waals surface area contributed by atoms with Crippen molar-refractivity contribution in [3.05, 3.63) is 114 Å². The lowest BCUT2D eigenvalue weighted by atomic mass is 9.84. The number of phenolic OH excluding ortho intramolecular Hbond substituents is 2. The normalized spacial score (nSPS) is 18.9. The molecule has 0 radical (unpaired) electrons. The molecule has 3 N–H and O–H groups in total. The van der Waals surface area contributed by atoms with Gasteiger partial charge in [-0.3, -0.25) is 24.1 Å². The molecule has 0 bridgehead atoms. The fourth-order valence-electron chi connectivity index (χ4n) is 9.23. The molecule has 0 saturated carbocycles. The second-order valence-corrected chi connectivity index (χ2v) is 21.5. The van der Waals surface area contributed by atoms with Crippen LogP contribution in [0.25, 0.3) is 44.6 Å². The van der Waals surface area contributed by atoms with Gasteiger partial charge in [-0.15, -0.1) is 0 Å². The van der Waals surface area contributed by atoms with Crippen LogP contribution in [0.2, 0.25) is 10.0 Å². The Morgan fingerprint density at radius 2 is 1.25 bits per heavy atom. The van der Waals surface area contributed by atoms with Gasteiger partial charge in [0.2, 0.25) is 0 Å². The quantitative estimate of drug-likeness (QED) is 0.0815. The van der Waals surface area contributed by atoms with E-state index in [-0.39, 0.29) is 83.3 Å². The maximum Gasteiger partial charge on any atom is 0.407 e. The van der Waals surface area contributed by atoms with Gasteiger partial charge in [0.05, 0.1) is 20.9 Å². The minimum absolute atomic E-state index is 0.00160. The van der Waals surface area contributed by atoms with Crippen molar-refractivity contribution in [3.8, 4) is 45.6 Å². The molecular weight excluding hydrogens is 982 g/mol. The molecule has 2 aliphatic rings. The zero-order valence-electron chi connectivity index (χ0n) is 41.9. The zero-order chi connectivity index (χ0) is 52.7. The molecule has 4 heterocycles. The van der Waals surface area contributed by atoms with Gasteiger partial charge in [0, 0.05) is 84.5 Å². The van der Waals surface area contributed by atoms with Gasteiger partial charge in [0.15, 0.2) is 10.9 Å². The first-order valence-corrected chi connectivity index (χ1v) is 24.9. The van der Waals surface area contributed by atoms with Crippen LogP contribution in [0, 0.1) is 10.8 Å². The molecule has 4 aromatic carbocycles. The van der Waals surface area contributed by atoms with E-state index >= 15 is 0 Å². The van der Waals surface area contributed by atoms with E-state index in [9.17, 15) is 34.2 Å². The van der Waals surface area contributed by atoms with Crippen molar-refractivity contribution in [1.82, 2.24) is 15.1 Å². The fraction of sp³-hybridized carbons (Fsp3) is 0.400. The van der Waals surface area contributed by atoms with Crippen molar-refractivity contribution >= 4 is 63.2 Å². The molecule has 6 aromatic rings.